The fourth-order valence-corrected chi connectivity index (χ4v) is 2.53. The highest BCUT2D eigenvalue weighted by atomic mass is 35.5. The predicted molar refractivity (Wildman–Crippen MR) is 88.6 cm³/mol. The Bertz CT molecular complexity index is 553. The summed E-state index contributed by atoms with van der Waals surface area (Å²) in [4.78, 5) is 11.9. The zero-order valence-corrected chi connectivity index (χ0v) is 13.8. The second-order valence-corrected chi connectivity index (χ2v) is 5.64. The molecule has 0 aliphatic carbocycles. The van der Waals surface area contributed by atoms with Gasteiger partial charge in [0.05, 0.1) is 18.2 Å². The topological polar surface area (TPSA) is 47.6 Å². The molecule has 0 atom stereocenters. The summed E-state index contributed by atoms with van der Waals surface area (Å²) < 4.78 is 11.2. The normalized spacial score (nSPS) is 14.2. The van der Waals surface area contributed by atoms with E-state index in [0.29, 0.717) is 29.7 Å². The molecule has 0 unspecified atom stereocenters. The molecule has 5 heteroatoms. The third-order valence-corrected chi connectivity index (χ3v) is 3.86. The van der Waals surface area contributed by atoms with Crippen LogP contribution < -0.4 is 14.8 Å². The Morgan fingerprint density at radius 2 is 2.05 bits per heavy atom. The molecule has 0 saturated carbocycles. The third kappa shape index (κ3) is 4.41. The maximum Gasteiger partial charge on any atom is 0.244 e. The standard InChI is InChI=1S/C17H22ClNO3/c1-3-13(4-2)19-16(20)7-6-12-10-14(18)17-15(11-12)21-8-5-9-22-17/h6-7,10-11,13H,3-5,8-9H2,1-2H3,(H,19,20)/b7-6+. The van der Waals surface area contributed by atoms with Crippen molar-refractivity contribution in [2.75, 3.05) is 13.2 Å². The summed E-state index contributed by atoms with van der Waals surface area (Å²) in [6.45, 7) is 5.31. The Morgan fingerprint density at radius 1 is 1.32 bits per heavy atom. The van der Waals surface area contributed by atoms with Gasteiger partial charge in [0, 0.05) is 18.5 Å². The van der Waals surface area contributed by atoms with Gasteiger partial charge >= 0.3 is 0 Å². The molecule has 1 heterocycles. The zero-order valence-electron chi connectivity index (χ0n) is 13.0. The predicted octanol–water partition coefficient (Wildman–Crippen LogP) is 3.82. The fourth-order valence-electron chi connectivity index (χ4n) is 2.26. The van der Waals surface area contributed by atoms with E-state index in [2.05, 4.69) is 19.2 Å². The van der Waals surface area contributed by atoms with Gasteiger partial charge in [-0.2, -0.15) is 0 Å². The van der Waals surface area contributed by atoms with E-state index in [1.165, 1.54) is 6.08 Å². The summed E-state index contributed by atoms with van der Waals surface area (Å²) in [7, 11) is 0. The molecule has 1 aromatic carbocycles. The molecule has 0 bridgehead atoms. The Labute approximate surface area is 136 Å². The first-order chi connectivity index (χ1) is 10.6. The summed E-state index contributed by atoms with van der Waals surface area (Å²) >= 11 is 6.22. The molecule has 1 aliphatic rings. The van der Waals surface area contributed by atoms with E-state index in [-0.39, 0.29) is 11.9 Å². The monoisotopic (exact) mass is 323 g/mol. The Morgan fingerprint density at radius 3 is 2.77 bits per heavy atom. The second kappa shape index (κ2) is 8.08. The lowest BCUT2D eigenvalue weighted by Crippen LogP contribution is -2.32. The summed E-state index contributed by atoms with van der Waals surface area (Å²) in [5, 5.41) is 3.46. The number of halogens is 1. The average molecular weight is 324 g/mol. The van der Waals surface area contributed by atoms with Gasteiger partial charge in [0.1, 0.15) is 0 Å². The van der Waals surface area contributed by atoms with Crippen molar-refractivity contribution in [1.29, 1.82) is 0 Å². The molecule has 0 radical (unpaired) electrons. The third-order valence-electron chi connectivity index (χ3n) is 3.58. The molecule has 0 saturated heterocycles. The van der Waals surface area contributed by atoms with Gasteiger partial charge in [-0.25, -0.2) is 0 Å². The van der Waals surface area contributed by atoms with Crippen molar-refractivity contribution >= 4 is 23.6 Å². The molecule has 120 valence electrons. The van der Waals surface area contributed by atoms with Crippen molar-refractivity contribution in [2.24, 2.45) is 0 Å². The number of hydrogen-bond donors (Lipinski definition) is 1. The molecule has 1 amide bonds. The number of carbonyl (C=O) groups excluding carboxylic acids is 1. The molecule has 0 fully saturated rings. The van der Waals surface area contributed by atoms with E-state index in [1.807, 2.05) is 6.07 Å². The minimum Gasteiger partial charge on any atom is -0.489 e. The molecule has 22 heavy (non-hydrogen) atoms. The molecule has 2 rings (SSSR count). The molecule has 1 aromatic rings. The number of fused-ring (bicyclic) bond motifs is 1. The zero-order chi connectivity index (χ0) is 15.9. The van der Waals surface area contributed by atoms with Gasteiger partial charge in [-0.15, -0.1) is 0 Å². The SMILES string of the molecule is CCC(CC)NC(=O)/C=C/c1cc(Cl)c2c(c1)OCCCO2. The molecule has 0 spiro atoms. The Hall–Kier alpha value is -1.68. The lowest BCUT2D eigenvalue weighted by Gasteiger charge is -2.13. The summed E-state index contributed by atoms with van der Waals surface area (Å²) in [6.07, 6.45) is 5.93. The van der Waals surface area contributed by atoms with Crippen LogP contribution >= 0.6 is 11.6 Å². The van der Waals surface area contributed by atoms with Crippen LogP contribution in [-0.2, 0) is 4.79 Å². The van der Waals surface area contributed by atoms with E-state index in [9.17, 15) is 4.79 Å². The van der Waals surface area contributed by atoms with Crippen LogP contribution in [0.3, 0.4) is 0 Å². The van der Waals surface area contributed by atoms with Crippen molar-refractivity contribution in [3.05, 3.63) is 28.8 Å². The van der Waals surface area contributed by atoms with E-state index in [0.717, 1.165) is 24.8 Å². The number of ether oxygens (including phenoxy) is 2. The summed E-state index contributed by atoms with van der Waals surface area (Å²) in [5.74, 6) is 1.11. The van der Waals surface area contributed by atoms with E-state index in [1.54, 1.807) is 12.1 Å². The van der Waals surface area contributed by atoms with Crippen LogP contribution in [0.1, 0.15) is 38.7 Å². The van der Waals surface area contributed by atoms with Gasteiger partial charge in [0.25, 0.3) is 0 Å². The van der Waals surface area contributed by atoms with E-state index in [4.69, 9.17) is 21.1 Å². The van der Waals surface area contributed by atoms with Crippen molar-refractivity contribution in [1.82, 2.24) is 5.32 Å². The van der Waals surface area contributed by atoms with Crippen LogP contribution in [0.5, 0.6) is 11.5 Å². The van der Waals surface area contributed by atoms with Gasteiger partial charge in [-0.3, -0.25) is 4.79 Å². The number of nitrogens with one attached hydrogen (secondary N) is 1. The summed E-state index contributed by atoms with van der Waals surface area (Å²) in [5.41, 5.74) is 0.814. The van der Waals surface area contributed by atoms with Gasteiger partial charge in [-0.05, 0) is 36.6 Å². The lowest BCUT2D eigenvalue weighted by molar-refractivity contribution is -0.117. The largest absolute Gasteiger partial charge is 0.489 e. The first-order valence-corrected chi connectivity index (χ1v) is 8.09. The van der Waals surface area contributed by atoms with Crippen molar-refractivity contribution in [2.45, 2.75) is 39.2 Å². The van der Waals surface area contributed by atoms with Crippen molar-refractivity contribution in [3.63, 3.8) is 0 Å². The minimum atomic E-state index is -0.100. The molecule has 4 nitrogen and oxygen atoms in total. The van der Waals surface area contributed by atoms with Crippen LogP contribution in [0.25, 0.3) is 6.08 Å². The molecule has 0 aromatic heterocycles. The number of rotatable bonds is 5. The van der Waals surface area contributed by atoms with Crippen molar-refractivity contribution < 1.29 is 14.3 Å². The van der Waals surface area contributed by atoms with Crippen LogP contribution in [0.2, 0.25) is 5.02 Å². The smallest absolute Gasteiger partial charge is 0.244 e. The maximum absolute atomic E-state index is 11.9. The van der Waals surface area contributed by atoms with Crippen LogP contribution in [-0.4, -0.2) is 25.2 Å². The highest BCUT2D eigenvalue weighted by Crippen LogP contribution is 2.38. The van der Waals surface area contributed by atoms with Crippen LogP contribution in [0.15, 0.2) is 18.2 Å². The van der Waals surface area contributed by atoms with E-state index >= 15 is 0 Å². The molecular weight excluding hydrogens is 302 g/mol. The Balaban J connectivity index is 2.09. The lowest BCUT2D eigenvalue weighted by atomic mass is 10.1. The average Bonchev–Trinajstić information content (AvgIpc) is 2.76. The van der Waals surface area contributed by atoms with Crippen LogP contribution in [0, 0.1) is 0 Å². The molecular formula is C17H22ClNO3. The number of hydrogen-bond acceptors (Lipinski definition) is 3. The number of carbonyl (C=O) groups is 1. The van der Waals surface area contributed by atoms with Gasteiger partial charge < -0.3 is 14.8 Å². The molecule has 1 aliphatic heterocycles. The van der Waals surface area contributed by atoms with E-state index < -0.39 is 0 Å². The Kier molecular flexibility index (Phi) is 6.13. The van der Waals surface area contributed by atoms with Gasteiger partial charge in [-0.1, -0.05) is 25.4 Å². The van der Waals surface area contributed by atoms with Gasteiger partial charge in [0.15, 0.2) is 11.5 Å². The first-order valence-electron chi connectivity index (χ1n) is 7.71. The maximum atomic E-state index is 11.9. The van der Waals surface area contributed by atoms with Gasteiger partial charge in [0.2, 0.25) is 5.91 Å². The minimum absolute atomic E-state index is 0.100. The fraction of sp³-hybridized carbons (Fsp3) is 0.471. The first kappa shape index (κ1) is 16.7. The quantitative estimate of drug-likeness (QED) is 0.838. The van der Waals surface area contributed by atoms with Crippen molar-refractivity contribution in [3.8, 4) is 11.5 Å². The number of benzene rings is 1. The highest BCUT2D eigenvalue weighted by Gasteiger charge is 2.15. The van der Waals surface area contributed by atoms with Crippen LogP contribution in [0.4, 0.5) is 0 Å². The highest BCUT2D eigenvalue weighted by molar-refractivity contribution is 6.32. The second-order valence-electron chi connectivity index (χ2n) is 5.24. The number of amides is 1. The molecule has 1 N–H and O–H groups in total. The summed E-state index contributed by atoms with van der Waals surface area (Å²) in [6, 6.07) is 3.83.